The van der Waals surface area contributed by atoms with Gasteiger partial charge in [0.05, 0.1) is 6.54 Å². The Morgan fingerprint density at radius 1 is 1.50 bits per heavy atom. The molecule has 0 unspecified atom stereocenters. The van der Waals surface area contributed by atoms with Crippen molar-refractivity contribution >= 4 is 17.5 Å². The molecule has 0 aliphatic rings. The molecule has 0 aromatic carbocycles. The maximum Gasteiger partial charge on any atom is 0.239 e. The summed E-state index contributed by atoms with van der Waals surface area (Å²) in [6.07, 6.45) is 0. The zero-order chi connectivity index (χ0) is 12.1. The summed E-state index contributed by atoms with van der Waals surface area (Å²) in [6.45, 7) is 2.08. The molecule has 1 amide bonds. The molecule has 0 saturated carbocycles. The van der Waals surface area contributed by atoms with Crippen molar-refractivity contribution in [3.63, 3.8) is 0 Å². The van der Waals surface area contributed by atoms with E-state index < -0.39 is 17.5 Å². The summed E-state index contributed by atoms with van der Waals surface area (Å²) in [6, 6.07) is 0.613. The lowest BCUT2D eigenvalue weighted by atomic mass is 10.4. The number of carbonyl (C=O) groups excluding carboxylic acids is 1. The Morgan fingerprint density at radius 3 is 2.81 bits per heavy atom. The van der Waals surface area contributed by atoms with E-state index in [2.05, 4.69) is 15.6 Å². The van der Waals surface area contributed by atoms with E-state index in [4.69, 9.17) is 5.73 Å². The lowest BCUT2D eigenvalue weighted by Gasteiger charge is -2.07. The van der Waals surface area contributed by atoms with E-state index in [1.807, 2.05) is 0 Å². The molecule has 4 N–H and O–H groups in total. The van der Waals surface area contributed by atoms with Gasteiger partial charge in [-0.15, -0.1) is 0 Å². The van der Waals surface area contributed by atoms with Gasteiger partial charge in [0, 0.05) is 12.6 Å². The number of hydrogen-bond acceptors (Lipinski definition) is 4. The van der Waals surface area contributed by atoms with E-state index in [9.17, 15) is 13.6 Å². The summed E-state index contributed by atoms with van der Waals surface area (Å²) in [5.74, 6) is -2.80. The fourth-order valence-electron chi connectivity index (χ4n) is 1.03. The van der Waals surface area contributed by atoms with Gasteiger partial charge >= 0.3 is 0 Å². The highest BCUT2D eigenvalue weighted by Crippen LogP contribution is 2.15. The van der Waals surface area contributed by atoms with Crippen LogP contribution in [-0.4, -0.2) is 24.0 Å². The smallest absolute Gasteiger partial charge is 0.239 e. The third-order valence-corrected chi connectivity index (χ3v) is 1.75. The first-order valence-electron chi connectivity index (χ1n) is 4.66. The molecule has 1 rings (SSSR count). The zero-order valence-electron chi connectivity index (χ0n) is 8.68. The predicted octanol–water partition coefficient (Wildman–Crippen LogP) is 0.490. The maximum atomic E-state index is 13.1. The van der Waals surface area contributed by atoms with Gasteiger partial charge in [0.2, 0.25) is 5.91 Å². The van der Waals surface area contributed by atoms with Crippen molar-refractivity contribution in [3.05, 3.63) is 17.7 Å². The van der Waals surface area contributed by atoms with Crippen molar-refractivity contribution in [1.29, 1.82) is 0 Å². The number of nitrogen functional groups attached to an aromatic ring is 1. The van der Waals surface area contributed by atoms with Crippen LogP contribution in [0.4, 0.5) is 20.4 Å². The number of hydrogen-bond donors (Lipinski definition) is 3. The average molecular weight is 230 g/mol. The fraction of sp³-hybridized carbons (Fsp3) is 0.333. The van der Waals surface area contributed by atoms with E-state index in [1.165, 1.54) is 0 Å². The molecule has 0 spiro atoms. The van der Waals surface area contributed by atoms with Gasteiger partial charge in [-0.3, -0.25) is 4.79 Å². The van der Waals surface area contributed by atoms with Gasteiger partial charge in [-0.05, 0) is 6.92 Å². The van der Waals surface area contributed by atoms with Crippen LogP contribution in [0.1, 0.15) is 6.92 Å². The quantitative estimate of drug-likeness (QED) is 0.703. The van der Waals surface area contributed by atoms with Gasteiger partial charge in [-0.25, -0.2) is 13.8 Å². The highest BCUT2D eigenvalue weighted by molar-refractivity contribution is 5.80. The van der Waals surface area contributed by atoms with Crippen molar-refractivity contribution in [2.45, 2.75) is 6.92 Å². The van der Waals surface area contributed by atoms with Gasteiger partial charge in [0.25, 0.3) is 0 Å². The largest absolute Gasteiger partial charge is 0.381 e. The lowest BCUT2D eigenvalue weighted by Crippen LogP contribution is -2.29. The van der Waals surface area contributed by atoms with E-state index in [-0.39, 0.29) is 18.3 Å². The van der Waals surface area contributed by atoms with Crippen LogP contribution in [0.3, 0.4) is 0 Å². The molecule has 0 aliphatic heterocycles. The van der Waals surface area contributed by atoms with Crippen LogP contribution in [-0.2, 0) is 4.79 Å². The van der Waals surface area contributed by atoms with Crippen LogP contribution < -0.4 is 16.4 Å². The molecular weight excluding hydrogens is 218 g/mol. The number of nitrogens with two attached hydrogens (primary N) is 1. The molecule has 1 heterocycles. The first-order valence-corrected chi connectivity index (χ1v) is 4.66. The number of carbonyl (C=O) groups is 1. The fourth-order valence-corrected chi connectivity index (χ4v) is 1.03. The maximum absolute atomic E-state index is 13.1. The number of pyridine rings is 1. The number of nitrogens with one attached hydrogen (secondary N) is 2. The molecule has 5 nitrogen and oxygen atoms in total. The summed E-state index contributed by atoms with van der Waals surface area (Å²) < 4.78 is 25.9. The Morgan fingerprint density at radius 2 is 2.19 bits per heavy atom. The van der Waals surface area contributed by atoms with Crippen LogP contribution in [0.5, 0.6) is 0 Å². The molecule has 88 valence electrons. The molecule has 7 heteroatoms. The highest BCUT2D eigenvalue weighted by atomic mass is 19.1. The number of amides is 1. The molecular formula is C9H12F2N4O. The van der Waals surface area contributed by atoms with E-state index in [0.717, 1.165) is 0 Å². The Bertz CT molecular complexity index is 397. The molecule has 0 bridgehead atoms. The molecule has 1 aromatic rings. The van der Waals surface area contributed by atoms with Crippen molar-refractivity contribution < 1.29 is 13.6 Å². The van der Waals surface area contributed by atoms with Gasteiger partial charge < -0.3 is 16.4 Å². The summed E-state index contributed by atoms with van der Waals surface area (Å²) in [4.78, 5) is 14.5. The first kappa shape index (κ1) is 12.2. The van der Waals surface area contributed by atoms with Crippen molar-refractivity contribution in [3.8, 4) is 0 Å². The second kappa shape index (κ2) is 5.24. The number of likely N-dealkylation sites (N-methyl/N-ethyl adjacent to an activating group) is 1. The molecule has 0 atom stereocenters. The molecule has 16 heavy (non-hydrogen) atoms. The number of rotatable bonds is 4. The van der Waals surface area contributed by atoms with Crippen LogP contribution in [0.15, 0.2) is 6.07 Å². The number of anilines is 2. The predicted molar refractivity (Wildman–Crippen MR) is 55.7 cm³/mol. The van der Waals surface area contributed by atoms with Crippen LogP contribution in [0.25, 0.3) is 0 Å². The van der Waals surface area contributed by atoms with E-state index in [0.29, 0.717) is 12.6 Å². The van der Waals surface area contributed by atoms with E-state index >= 15 is 0 Å². The molecule has 1 aromatic heterocycles. The summed E-state index contributed by atoms with van der Waals surface area (Å²) in [5.41, 5.74) is 5.16. The summed E-state index contributed by atoms with van der Waals surface area (Å²) in [5, 5.41) is 4.92. The molecule has 0 aliphatic carbocycles. The van der Waals surface area contributed by atoms with Crippen molar-refractivity contribution in [2.75, 3.05) is 24.1 Å². The van der Waals surface area contributed by atoms with Crippen molar-refractivity contribution in [1.82, 2.24) is 10.3 Å². The summed E-state index contributed by atoms with van der Waals surface area (Å²) in [7, 11) is 0. The standard InChI is InChI=1S/C9H12F2N4O/c1-2-13-7(16)4-14-9-6(11)3-5(10)8(12)15-9/h3H,2,4H2,1H3,(H,13,16)(H3,12,14,15). The average Bonchev–Trinajstić information content (AvgIpc) is 2.22. The SMILES string of the molecule is CCNC(=O)CNc1nc(N)c(F)cc1F. The summed E-state index contributed by atoms with van der Waals surface area (Å²) >= 11 is 0. The Balaban J connectivity index is 2.67. The number of aromatic nitrogens is 1. The van der Waals surface area contributed by atoms with Gasteiger partial charge in [-0.1, -0.05) is 0 Å². The van der Waals surface area contributed by atoms with Crippen LogP contribution in [0.2, 0.25) is 0 Å². The minimum atomic E-state index is -0.930. The Hall–Kier alpha value is -1.92. The molecule has 0 saturated heterocycles. The van der Waals surface area contributed by atoms with Crippen molar-refractivity contribution in [2.24, 2.45) is 0 Å². The second-order valence-electron chi connectivity index (χ2n) is 2.99. The Kier molecular flexibility index (Phi) is 3.98. The van der Waals surface area contributed by atoms with Crippen LogP contribution in [0, 0.1) is 11.6 Å². The Labute approximate surface area is 91.0 Å². The van der Waals surface area contributed by atoms with Gasteiger partial charge in [0.1, 0.15) is 0 Å². The minimum absolute atomic E-state index is 0.150. The normalized spacial score (nSPS) is 9.94. The second-order valence-corrected chi connectivity index (χ2v) is 2.99. The third-order valence-electron chi connectivity index (χ3n) is 1.75. The monoisotopic (exact) mass is 230 g/mol. The molecule has 0 radical (unpaired) electrons. The van der Waals surface area contributed by atoms with Gasteiger partial charge in [-0.2, -0.15) is 0 Å². The van der Waals surface area contributed by atoms with E-state index in [1.54, 1.807) is 6.92 Å². The zero-order valence-corrected chi connectivity index (χ0v) is 8.68. The highest BCUT2D eigenvalue weighted by Gasteiger charge is 2.10. The molecule has 0 fully saturated rings. The topological polar surface area (TPSA) is 80.0 Å². The lowest BCUT2D eigenvalue weighted by molar-refractivity contribution is -0.119. The van der Waals surface area contributed by atoms with Gasteiger partial charge in [0.15, 0.2) is 23.3 Å². The number of halogens is 2. The first-order chi connectivity index (χ1) is 7.54. The number of nitrogens with zero attached hydrogens (tertiary/aromatic N) is 1. The third kappa shape index (κ3) is 3.04. The minimum Gasteiger partial charge on any atom is -0.381 e. The van der Waals surface area contributed by atoms with Crippen LogP contribution >= 0.6 is 0 Å².